The largest absolute Gasteiger partial charge is 0.864 e. The Morgan fingerprint density at radius 3 is 2.65 bits per heavy atom. The molecule has 0 bridgehead atoms. The van der Waals surface area contributed by atoms with Crippen molar-refractivity contribution < 1.29 is 18.5 Å². The molecule has 0 amide bonds. The van der Waals surface area contributed by atoms with Gasteiger partial charge in [-0.25, -0.2) is 4.98 Å². The lowest BCUT2D eigenvalue weighted by Gasteiger charge is -2.21. The van der Waals surface area contributed by atoms with E-state index in [4.69, 9.17) is 0 Å². The summed E-state index contributed by atoms with van der Waals surface area (Å²) in [4.78, 5) is 4.57. The first-order valence-corrected chi connectivity index (χ1v) is 6.66. The average molecular weight is 257 g/mol. The molecule has 0 atom stereocenters. The van der Waals surface area contributed by atoms with Crippen LogP contribution in [0.15, 0.2) is 27.8 Å². The van der Waals surface area contributed by atoms with E-state index < -0.39 is 10.0 Å². The number of hydrogen-bond donors (Lipinski definition) is 0. The van der Waals surface area contributed by atoms with Crippen LogP contribution in [0.1, 0.15) is 13.8 Å². The number of nitrogens with zero attached hydrogens (tertiary/aromatic N) is 2. The number of rotatable bonds is 5. The number of nitrogens with one attached hydrogen (secondary N) is 1. The van der Waals surface area contributed by atoms with Gasteiger partial charge in [-0.05, 0) is 20.2 Å². The molecule has 0 saturated heterocycles. The minimum absolute atomic E-state index is 0.0100. The zero-order chi connectivity index (χ0) is 12.9. The number of aromatic nitrogens is 1. The third-order valence-electron chi connectivity index (χ3n) is 2.37. The molecule has 1 aromatic rings. The van der Waals surface area contributed by atoms with Crippen molar-refractivity contribution in [3.05, 3.63) is 18.5 Å². The molecule has 94 valence electrons. The highest BCUT2D eigenvalue weighted by atomic mass is 32.2. The molecule has 0 aliphatic carbocycles. The predicted octanol–water partition coefficient (Wildman–Crippen LogP) is -0.576. The summed E-state index contributed by atoms with van der Waals surface area (Å²) in [6.07, 6.45) is 3.00. The SMILES string of the molecule is CCN(CC)c1cc[nH+]cc1S(=O)(=O)/N=C\[O-]. The van der Waals surface area contributed by atoms with Crippen LogP contribution in [-0.2, 0) is 10.0 Å². The Morgan fingerprint density at radius 1 is 1.47 bits per heavy atom. The minimum Gasteiger partial charge on any atom is -0.864 e. The number of anilines is 1. The lowest BCUT2D eigenvalue weighted by atomic mass is 10.3. The second-order valence-electron chi connectivity index (χ2n) is 3.25. The summed E-state index contributed by atoms with van der Waals surface area (Å²) in [6.45, 7) is 5.19. The van der Waals surface area contributed by atoms with Crippen LogP contribution in [-0.4, -0.2) is 27.9 Å². The van der Waals surface area contributed by atoms with E-state index in [-0.39, 0.29) is 11.3 Å². The highest BCUT2D eigenvalue weighted by molar-refractivity contribution is 7.90. The highest BCUT2D eigenvalue weighted by Crippen LogP contribution is 2.24. The molecule has 0 fully saturated rings. The van der Waals surface area contributed by atoms with Gasteiger partial charge in [0.1, 0.15) is 0 Å². The van der Waals surface area contributed by atoms with Crippen molar-refractivity contribution in [3.8, 4) is 0 Å². The van der Waals surface area contributed by atoms with Gasteiger partial charge in [-0.3, -0.25) is 0 Å². The smallest absolute Gasteiger partial charge is 0.289 e. The van der Waals surface area contributed by atoms with Gasteiger partial charge in [-0.2, -0.15) is 12.8 Å². The van der Waals surface area contributed by atoms with Crippen LogP contribution in [0.3, 0.4) is 0 Å². The van der Waals surface area contributed by atoms with Gasteiger partial charge in [0.2, 0.25) is 0 Å². The molecule has 0 saturated carbocycles. The number of hydrogen-bond acceptors (Lipinski definition) is 4. The van der Waals surface area contributed by atoms with Gasteiger partial charge in [0.25, 0.3) is 10.0 Å². The van der Waals surface area contributed by atoms with E-state index in [1.807, 2.05) is 18.7 Å². The van der Waals surface area contributed by atoms with Gasteiger partial charge < -0.3 is 10.0 Å². The summed E-state index contributed by atoms with van der Waals surface area (Å²) in [6, 6.07) is 1.65. The second kappa shape index (κ2) is 5.62. The van der Waals surface area contributed by atoms with Crippen LogP contribution in [0, 0.1) is 0 Å². The Hall–Kier alpha value is -1.63. The molecule has 0 radical (unpaired) electrons. The molecule has 1 aromatic heterocycles. The van der Waals surface area contributed by atoms with Crippen molar-refractivity contribution >= 4 is 22.1 Å². The van der Waals surface area contributed by atoms with Crippen molar-refractivity contribution in [3.63, 3.8) is 0 Å². The maximum Gasteiger partial charge on any atom is 0.289 e. The number of pyridine rings is 1. The molecule has 0 aliphatic heterocycles. The van der Waals surface area contributed by atoms with E-state index in [2.05, 4.69) is 9.38 Å². The quantitative estimate of drug-likeness (QED) is 0.522. The summed E-state index contributed by atoms with van der Waals surface area (Å²) in [7, 11) is -3.92. The lowest BCUT2D eigenvalue weighted by Crippen LogP contribution is -2.25. The van der Waals surface area contributed by atoms with E-state index in [9.17, 15) is 13.5 Å². The van der Waals surface area contributed by atoms with Gasteiger partial charge >= 0.3 is 0 Å². The molecule has 1 heterocycles. The molecule has 17 heavy (non-hydrogen) atoms. The van der Waals surface area contributed by atoms with E-state index >= 15 is 0 Å². The van der Waals surface area contributed by atoms with Crippen molar-refractivity contribution in [1.29, 1.82) is 0 Å². The molecular formula is C10H15N3O3S. The van der Waals surface area contributed by atoms with E-state index in [0.29, 0.717) is 18.8 Å². The third-order valence-corrected chi connectivity index (χ3v) is 3.61. The van der Waals surface area contributed by atoms with Crippen LogP contribution < -0.4 is 15.0 Å². The summed E-state index contributed by atoms with van der Waals surface area (Å²) >= 11 is 0. The summed E-state index contributed by atoms with van der Waals surface area (Å²) < 4.78 is 26.5. The molecule has 0 aromatic carbocycles. The molecule has 0 spiro atoms. The van der Waals surface area contributed by atoms with Crippen LogP contribution >= 0.6 is 0 Å². The van der Waals surface area contributed by atoms with E-state index in [1.54, 1.807) is 12.3 Å². The average Bonchev–Trinajstić information content (AvgIpc) is 2.31. The Bertz CT molecular complexity index is 495. The van der Waals surface area contributed by atoms with Gasteiger partial charge in [-0.15, -0.1) is 0 Å². The standard InChI is InChI=1S/C10H15N3O3S/c1-3-13(4-2)9-5-6-11-7-10(9)17(15,16)12-8-14/h5-8H,3-4H2,1-2H3,(H,12,14). The van der Waals surface area contributed by atoms with Crippen molar-refractivity contribution in [2.24, 2.45) is 4.40 Å². The molecule has 7 heteroatoms. The fourth-order valence-electron chi connectivity index (χ4n) is 1.55. The first kappa shape index (κ1) is 13.4. The Morgan fingerprint density at radius 2 is 2.12 bits per heavy atom. The number of sulfonamides is 1. The molecule has 0 unspecified atom stereocenters. The van der Waals surface area contributed by atoms with Crippen molar-refractivity contribution in [1.82, 2.24) is 0 Å². The first-order valence-electron chi connectivity index (χ1n) is 5.22. The molecule has 1 rings (SSSR count). The molecule has 6 nitrogen and oxygen atoms in total. The summed E-state index contributed by atoms with van der Waals surface area (Å²) in [5.41, 5.74) is 0.541. The molecule has 0 aliphatic rings. The van der Waals surface area contributed by atoms with Crippen LogP contribution in [0.25, 0.3) is 0 Å². The van der Waals surface area contributed by atoms with Crippen molar-refractivity contribution in [2.75, 3.05) is 18.0 Å². The molecule has 1 N–H and O–H groups in total. The van der Waals surface area contributed by atoms with Crippen molar-refractivity contribution in [2.45, 2.75) is 18.7 Å². The maximum atomic E-state index is 11.7. The van der Waals surface area contributed by atoms with E-state index in [0.717, 1.165) is 0 Å². The normalized spacial score (nSPS) is 11.9. The topological polar surface area (TPSA) is 86.9 Å². The number of aromatic amines is 1. The van der Waals surface area contributed by atoms with E-state index in [1.165, 1.54) is 6.20 Å². The van der Waals surface area contributed by atoms with Gasteiger partial charge in [-0.1, -0.05) is 0 Å². The second-order valence-corrected chi connectivity index (χ2v) is 4.85. The zero-order valence-electron chi connectivity index (χ0n) is 9.75. The van der Waals surface area contributed by atoms with Crippen LogP contribution in [0.2, 0.25) is 0 Å². The highest BCUT2D eigenvalue weighted by Gasteiger charge is 2.22. The predicted molar refractivity (Wildman–Crippen MR) is 62.2 cm³/mol. The first-order chi connectivity index (χ1) is 8.06. The maximum absolute atomic E-state index is 11.7. The zero-order valence-corrected chi connectivity index (χ0v) is 10.6. The number of H-pyrrole nitrogens is 1. The molecular weight excluding hydrogens is 242 g/mol. The summed E-state index contributed by atoms with van der Waals surface area (Å²) in [5.74, 6) is 0. The third kappa shape index (κ3) is 2.94. The Kier molecular flexibility index (Phi) is 4.45. The Labute approximate surface area is 101 Å². The monoisotopic (exact) mass is 257 g/mol. The van der Waals surface area contributed by atoms with Crippen LogP contribution in [0.5, 0.6) is 0 Å². The minimum atomic E-state index is -3.92. The fourth-order valence-corrected chi connectivity index (χ4v) is 2.46. The van der Waals surface area contributed by atoms with Gasteiger partial charge in [0.05, 0.1) is 5.69 Å². The fraction of sp³-hybridized carbons (Fsp3) is 0.400. The van der Waals surface area contributed by atoms with Gasteiger partial charge in [0.15, 0.2) is 17.3 Å². The van der Waals surface area contributed by atoms with Crippen LogP contribution in [0.4, 0.5) is 5.69 Å². The lowest BCUT2D eigenvalue weighted by molar-refractivity contribution is -0.380. The summed E-state index contributed by atoms with van der Waals surface area (Å²) in [5, 5.41) is 10.2. The van der Waals surface area contributed by atoms with Gasteiger partial charge in [0, 0.05) is 19.2 Å². The Balaban J connectivity index is 3.35.